The van der Waals surface area contributed by atoms with Crippen LogP contribution in [0.5, 0.6) is 11.5 Å². The van der Waals surface area contributed by atoms with E-state index in [1.54, 1.807) is 7.11 Å². The Labute approximate surface area is 120 Å². The largest absolute Gasteiger partial charge is 0.493 e. The van der Waals surface area contributed by atoms with E-state index in [2.05, 4.69) is 5.32 Å². The summed E-state index contributed by atoms with van der Waals surface area (Å²) >= 11 is 0. The van der Waals surface area contributed by atoms with Gasteiger partial charge in [-0.05, 0) is 38.5 Å². The Balaban J connectivity index is 2.57. The summed E-state index contributed by atoms with van der Waals surface area (Å²) in [4.78, 5) is 11.5. The van der Waals surface area contributed by atoms with Gasteiger partial charge in [0, 0.05) is 12.1 Å². The van der Waals surface area contributed by atoms with Crippen molar-refractivity contribution in [3.63, 3.8) is 0 Å². The van der Waals surface area contributed by atoms with Gasteiger partial charge in [-0.25, -0.2) is 0 Å². The van der Waals surface area contributed by atoms with Crippen molar-refractivity contribution >= 4 is 5.91 Å². The van der Waals surface area contributed by atoms with E-state index >= 15 is 0 Å². The molecule has 20 heavy (non-hydrogen) atoms. The quantitative estimate of drug-likeness (QED) is 0.801. The summed E-state index contributed by atoms with van der Waals surface area (Å²) in [6.45, 7) is 6.07. The van der Waals surface area contributed by atoms with Gasteiger partial charge in [-0.2, -0.15) is 0 Å². The van der Waals surface area contributed by atoms with Gasteiger partial charge >= 0.3 is 0 Å². The average Bonchev–Trinajstić information content (AvgIpc) is 2.37. The number of hydrogen-bond acceptors (Lipinski definition) is 4. The average molecular weight is 280 g/mol. The highest BCUT2D eigenvalue weighted by Gasteiger charge is 2.09. The van der Waals surface area contributed by atoms with E-state index in [4.69, 9.17) is 15.2 Å². The highest BCUT2D eigenvalue weighted by atomic mass is 16.5. The van der Waals surface area contributed by atoms with Gasteiger partial charge < -0.3 is 20.5 Å². The van der Waals surface area contributed by atoms with Gasteiger partial charge in [0.05, 0.1) is 20.1 Å². The first kappa shape index (κ1) is 16.3. The van der Waals surface area contributed by atoms with E-state index in [1.165, 1.54) is 0 Å². The van der Waals surface area contributed by atoms with Crippen molar-refractivity contribution in [2.45, 2.75) is 39.3 Å². The van der Waals surface area contributed by atoms with Crippen LogP contribution in [0, 0.1) is 0 Å². The van der Waals surface area contributed by atoms with Crippen molar-refractivity contribution in [3.05, 3.63) is 23.8 Å². The van der Waals surface area contributed by atoms with Crippen LogP contribution < -0.4 is 20.5 Å². The zero-order valence-electron chi connectivity index (χ0n) is 12.6. The van der Waals surface area contributed by atoms with Crippen LogP contribution in [-0.4, -0.2) is 25.7 Å². The summed E-state index contributed by atoms with van der Waals surface area (Å²) in [7, 11) is 1.58. The molecule has 0 heterocycles. The first-order valence-electron chi connectivity index (χ1n) is 6.79. The summed E-state index contributed by atoms with van der Waals surface area (Å²) in [5.74, 6) is 1.23. The minimum absolute atomic E-state index is 0.0221. The van der Waals surface area contributed by atoms with Gasteiger partial charge in [-0.3, -0.25) is 4.79 Å². The third kappa shape index (κ3) is 5.09. The third-order valence-corrected chi connectivity index (χ3v) is 2.75. The minimum Gasteiger partial charge on any atom is -0.493 e. The van der Waals surface area contributed by atoms with E-state index in [0.29, 0.717) is 24.5 Å². The summed E-state index contributed by atoms with van der Waals surface area (Å²) in [6, 6.07) is 5.65. The lowest BCUT2D eigenvalue weighted by atomic mass is 10.1. The molecule has 0 bridgehead atoms. The Morgan fingerprint density at radius 2 is 2.00 bits per heavy atom. The van der Waals surface area contributed by atoms with Crippen LogP contribution in [0.15, 0.2) is 18.2 Å². The first-order valence-corrected chi connectivity index (χ1v) is 6.79. The second-order valence-corrected chi connectivity index (χ2v) is 5.02. The maximum atomic E-state index is 11.5. The molecule has 1 rings (SSSR count). The number of nitrogens with one attached hydrogen (secondary N) is 1. The molecule has 0 saturated carbocycles. The molecule has 0 saturated heterocycles. The van der Waals surface area contributed by atoms with Crippen LogP contribution in [-0.2, 0) is 4.79 Å². The van der Waals surface area contributed by atoms with Crippen LogP contribution in [0.25, 0.3) is 0 Å². The SMILES string of the molecule is COc1cc([C@H](C)N)ccc1OCCC(=O)NC(C)C. The molecule has 3 N–H and O–H groups in total. The van der Waals surface area contributed by atoms with E-state index in [1.807, 2.05) is 39.0 Å². The molecule has 0 fully saturated rings. The molecular weight excluding hydrogens is 256 g/mol. The van der Waals surface area contributed by atoms with E-state index in [9.17, 15) is 4.79 Å². The van der Waals surface area contributed by atoms with Crippen LogP contribution in [0.3, 0.4) is 0 Å². The van der Waals surface area contributed by atoms with Crippen molar-refractivity contribution in [2.75, 3.05) is 13.7 Å². The number of rotatable bonds is 7. The second-order valence-electron chi connectivity index (χ2n) is 5.02. The fourth-order valence-electron chi connectivity index (χ4n) is 1.73. The normalized spacial score (nSPS) is 12.1. The highest BCUT2D eigenvalue weighted by molar-refractivity contribution is 5.76. The summed E-state index contributed by atoms with van der Waals surface area (Å²) < 4.78 is 10.9. The lowest BCUT2D eigenvalue weighted by Crippen LogP contribution is -2.31. The summed E-state index contributed by atoms with van der Waals surface area (Å²) in [5, 5.41) is 2.81. The molecule has 0 unspecified atom stereocenters. The molecule has 0 radical (unpaired) electrons. The molecule has 0 aliphatic rings. The molecular formula is C15H24N2O3. The molecule has 0 aromatic heterocycles. The van der Waals surface area contributed by atoms with Gasteiger partial charge in [0.2, 0.25) is 5.91 Å². The Morgan fingerprint density at radius 1 is 1.30 bits per heavy atom. The van der Waals surface area contributed by atoms with Gasteiger partial charge in [-0.15, -0.1) is 0 Å². The summed E-state index contributed by atoms with van der Waals surface area (Å²) in [5.41, 5.74) is 6.80. The standard InChI is InChI=1S/C15H24N2O3/c1-10(2)17-15(18)7-8-20-13-6-5-12(11(3)16)9-14(13)19-4/h5-6,9-11H,7-8,16H2,1-4H3,(H,17,18)/t11-/m0/s1. The number of carbonyl (C=O) groups is 1. The van der Waals surface area contributed by atoms with Gasteiger partial charge in [0.1, 0.15) is 0 Å². The van der Waals surface area contributed by atoms with Crippen LogP contribution in [0.1, 0.15) is 38.8 Å². The predicted octanol–water partition coefficient (Wildman–Crippen LogP) is 2.01. The molecule has 1 aromatic carbocycles. The topological polar surface area (TPSA) is 73.6 Å². The van der Waals surface area contributed by atoms with E-state index < -0.39 is 0 Å². The van der Waals surface area contributed by atoms with Gasteiger partial charge in [0.25, 0.3) is 0 Å². The monoisotopic (exact) mass is 280 g/mol. The molecule has 0 spiro atoms. The van der Waals surface area contributed by atoms with Gasteiger partial charge in [-0.1, -0.05) is 6.07 Å². The van der Waals surface area contributed by atoms with E-state index in [-0.39, 0.29) is 18.0 Å². The molecule has 5 nitrogen and oxygen atoms in total. The van der Waals surface area contributed by atoms with Crippen molar-refractivity contribution in [1.82, 2.24) is 5.32 Å². The Bertz CT molecular complexity index is 445. The highest BCUT2D eigenvalue weighted by Crippen LogP contribution is 2.29. The van der Waals surface area contributed by atoms with Crippen LogP contribution in [0.4, 0.5) is 0 Å². The number of benzene rings is 1. The number of ether oxygens (including phenoxy) is 2. The van der Waals surface area contributed by atoms with Crippen molar-refractivity contribution in [3.8, 4) is 11.5 Å². The Morgan fingerprint density at radius 3 is 2.55 bits per heavy atom. The minimum atomic E-state index is -0.0604. The molecule has 1 amide bonds. The third-order valence-electron chi connectivity index (χ3n) is 2.75. The Kier molecular flexibility index (Phi) is 6.31. The number of hydrogen-bond donors (Lipinski definition) is 2. The fourth-order valence-corrected chi connectivity index (χ4v) is 1.73. The fraction of sp³-hybridized carbons (Fsp3) is 0.533. The van der Waals surface area contributed by atoms with E-state index in [0.717, 1.165) is 5.56 Å². The molecule has 1 atom stereocenters. The Hall–Kier alpha value is -1.75. The van der Waals surface area contributed by atoms with Gasteiger partial charge in [0.15, 0.2) is 11.5 Å². The number of methoxy groups -OCH3 is 1. The maximum absolute atomic E-state index is 11.5. The predicted molar refractivity (Wildman–Crippen MR) is 79.0 cm³/mol. The zero-order chi connectivity index (χ0) is 15.1. The van der Waals surface area contributed by atoms with Crippen molar-refractivity contribution < 1.29 is 14.3 Å². The number of nitrogens with two attached hydrogens (primary N) is 1. The molecule has 0 aliphatic heterocycles. The number of amides is 1. The molecule has 5 heteroatoms. The number of carbonyl (C=O) groups excluding carboxylic acids is 1. The van der Waals surface area contributed by atoms with Crippen LogP contribution >= 0.6 is 0 Å². The lowest BCUT2D eigenvalue weighted by Gasteiger charge is -2.14. The summed E-state index contributed by atoms with van der Waals surface area (Å²) in [6.07, 6.45) is 0.316. The van der Waals surface area contributed by atoms with Crippen molar-refractivity contribution in [2.24, 2.45) is 5.73 Å². The molecule has 0 aliphatic carbocycles. The first-order chi connectivity index (χ1) is 9.43. The smallest absolute Gasteiger partial charge is 0.223 e. The molecule has 112 valence electrons. The molecule has 1 aromatic rings. The van der Waals surface area contributed by atoms with Crippen molar-refractivity contribution in [1.29, 1.82) is 0 Å². The zero-order valence-corrected chi connectivity index (χ0v) is 12.6. The second kappa shape index (κ2) is 7.75. The lowest BCUT2D eigenvalue weighted by molar-refractivity contribution is -0.122. The maximum Gasteiger partial charge on any atom is 0.223 e. The van der Waals surface area contributed by atoms with Crippen LogP contribution in [0.2, 0.25) is 0 Å².